The molecule has 184 valence electrons. The van der Waals surface area contributed by atoms with E-state index in [4.69, 9.17) is 19.2 Å². The van der Waals surface area contributed by atoms with Crippen molar-refractivity contribution in [2.24, 2.45) is 4.99 Å². The zero-order valence-electron chi connectivity index (χ0n) is 20.1. The van der Waals surface area contributed by atoms with Gasteiger partial charge in [-0.1, -0.05) is 60.3 Å². The largest absolute Gasteiger partial charge is 0.494 e. The van der Waals surface area contributed by atoms with Crippen molar-refractivity contribution >= 4 is 39.4 Å². The van der Waals surface area contributed by atoms with E-state index < -0.39 is 0 Å². The maximum Gasteiger partial charge on any atom is 0.282 e. The molecule has 36 heavy (non-hydrogen) atoms. The molecule has 0 N–H and O–H groups in total. The van der Waals surface area contributed by atoms with E-state index in [9.17, 15) is 4.79 Å². The molecule has 1 amide bonds. The number of rotatable bonds is 9. The summed E-state index contributed by atoms with van der Waals surface area (Å²) in [7, 11) is 0. The van der Waals surface area contributed by atoms with Crippen LogP contribution < -0.4 is 19.1 Å². The molecular formula is C29H27BrN2O4. The molecule has 2 aliphatic rings. The van der Waals surface area contributed by atoms with Gasteiger partial charge in [0.2, 0.25) is 6.79 Å². The zero-order valence-corrected chi connectivity index (χ0v) is 21.7. The van der Waals surface area contributed by atoms with Crippen LogP contribution in [0.2, 0.25) is 0 Å². The fourth-order valence-corrected chi connectivity index (χ4v) is 4.38. The van der Waals surface area contributed by atoms with Gasteiger partial charge in [-0.3, -0.25) is 9.69 Å². The predicted molar refractivity (Wildman–Crippen MR) is 145 cm³/mol. The van der Waals surface area contributed by atoms with Crippen LogP contribution in [0.15, 0.2) is 81.9 Å². The first kappa shape index (κ1) is 24.1. The maximum absolute atomic E-state index is 13.6. The third kappa shape index (κ3) is 5.31. The Morgan fingerprint density at radius 3 is 2.53 bits per heavy atom. The van der Waals surface area contributed by atoms with Crippen molar-refractivity contribution in [3.8, 4) is 17.2 Å². The highest BCUT2D eigenvalue weighted by atomic mass is 79.9. The normalized spacial score (nSPS) is 15.5. The molecule has 0 saturated carbocycles. The fourth-order valence-electron chi connectivity index (χ4n) is 4.12. The number of amides is 1. The number of unbranched alkanes of at least 4 members (excludes halogenated alkanes) is 3. The summed E-state index contributed by atoms with van der Waals surface area (Å²) in [6.07, 6.45) is 6.40. The number of fused-ring (bicyclic) bond motifs is 1. The second-order valence-corrected chi connectivity index (χ2v) is 9.54. The van der Waals surface area contributed by atoms with Gasteiger partial charge in [-0.2, -0.15) is 0 Å². The van der Waals surface area contributed by atoms with Gasteiger partial charge < -0.3 is 14.2 Å². The SMILES string of the molecule is CCCCCCOc1ccc(N2C(=O)/C(=C/c3ccc4c(c3)OCO4)N=C2c2ccc(Br)cc2)cc1. The molecular weight excluding hydrogens is 520 g/mol. The minimum atomic E-state index is -0.196. The van der Waals surface area contributed by atoms with Gasteiger partial charge in [0.25, 0.3) is 5.91 Å². The van der Waals surface area contributed by atoms with Crippen LogP contribution in [0.5, 0.6) is 17.2 Å². The number of ether oxygens (including phenoxy) is 3. The van der Waals surface area contributed by atoms with Crippen LogP contribution in [0.25, 0.3) is 6.08 Å². The van der Waals surface area contributed by atoms with Gasteiger partial charge >= 0.3 is 0 Å². The molecule has 0 bridgehead atoms. The fraction of sp³-hybridized carbons (Fsp3) is 0.241. The summed E-state index contributed by atoms with van der Waals surface area (Å²) in [4.78, 5) is 20.0. The van der Waals surface area contributed by atoms with Crippen molar-refractivity contribution in [1.82, 2.24) is 0 Å². The predicted octanol–water partition coefficient (Wildman–Crippen LogP) is 6.97. The summed E-state index contributed by atoms with van der Waals surface area (Å²) in [5.41, 5.74) is 2.74. The second kappa shape index (κ2) is 11.0. The van der Waals surface area contributed by atoms with Crippen molar-refractivity contribution in [3.63, 3.8) is 0 Å². The Bertz CT molecular complexity index is 1300. The third-order valence-electron chi connectivity index (χ3n) is 6.02. The minimum Gasteiger partial charge on any atom is -0.494 e. The first-order valence-electron chi connectivity index (χ1n) is 12.2. The molecule has 0 aromatic heterocycles. The number of anilines is 1. The summed E-state index contributed by atoms with van der Waals surface area (Å²) < 4.78 is 17.7. The lowest BCUT2D eigenvalue weighted by molar-refractivity contribution is -0.113. The van der Waals surface area contributed by atoms with Crippen molar-refractivity contribution in [1.29, 1.82) is 0 Å². The number of amidine groups is 1. The average Bonchev–Trinajstić information content (AvgIpc) is 3.49. The molecule has 7 heteroatoms. The van der Waals surface area contributed by atoms with Gasteiger partial charge in [-0.25, -0.2) is 4.99 Å². The summed E-state index contributed by atoms with van der Waals surface area (Å²) >= 11 is 3.48. The molecule has 0 unspecified atom stereocenters. The third-order valence-corrected chi connectivity index (χ3v) is 6.55. The first-order valence-corrected chi connectivity index (χ1v) is 12.9. The van der Waals surface area contributed by atoms with E-state index in [1.807, 2.05) is 66.7 Å². The molecule has 3 aromatic rings. The highest BCUT2D eigenvalue weighted by Gasteiger charge is 2.32. The van der Waals surface area contributed by atoms with Gasteiger partial charge in [0, 0.05) is 10.0 Å². The van der Waals surface area contributed by atoms with E-state index in [0.29, 0.717) is 29.6 Å². The molecule has 0 saturated heterocycles. The summed E-state index contributed by atoms with van der Waals surface area (Å²) in [6, 6.07) is 21.0. The Balaban J connectivity index is 1.42. The zero-order chi connectivity index (χ0) is 24.9. The van der Waals surface area contributed by atoms with E-state index in [2.05, 4.69) is 22.9 Å². The van der Waals surface area contributed by atoms with Crippen LogP contribution in [-0.2, 0) is 4.79 Å². The van der Waals surface area contributed by atoms with Gasteiger partial charge in [-0.15, -0.1) is 0 Å². The molecule has 0 spiro atoms. The highest BCUT2D eigenvalue weighted by Crippen LogP contribution is 2.34. The van der Waals surface area contributed by atoms with Crippen molar-refractivity contribution in [2.45, 2.75) is 32.6 Å². The van der Waals surface area contributed by atoms with E-state index in [0.717, 1.165) is 33.5 Å². The minimum absolute atomic E-state index is 0.196. The lowest BCUT2D eigenvalue weighted by atomic mass is 10.1. The number of halogens is 1. The highest BCUT2D eigenvalue weighted by molar-refractivity contribution is 9.10. The summed E-state index contributed by atoms with van der Waals surface area (Å²) in [5.74, 6) is 2.53. The monoisotopic (exact) mass is 546 g/mol. The van der Waals surface area contributed by atoms with Gasteiger partial charge in [0.05, 0.1) is 12.3 Å². The Kier molecular flexibility index (Phi) is 7.37. The summed E-state index contributed by atoms with van der Waals surface area (Å²) in [5, 5.41) is 0. The van der Waals surface area contributed by atoms with E-state index >= 15 is 0 Å². The molecule has 2 heterocycles. The number of carbonyl (C=O) groups excluding carboxylic acids is 1. The number of carbonyl (C=O) groups is 1. The maximum atomic E-state index is 13.6. The number of benzene rings is 3. The van der Waals surface area contributed by atoms with E-state index in [1.165, 1.54) is 19.3 Å². The quantitative estimate of drug-likeness (QED) is 0.215. The first-order chi connectivity index (χ1) is 17.6. The average molecular weight is 547 g/mol. The van der Waals surface area contributed by atoms with Gasteiger partial charge in [-0.05, 0) is 66.6 Å². The van der Waals surface area contributed by atoms with Crippen LogP contribution in [0.4, 0.5) is 5.69 Å². The molecule has 0 atom stereocenters. The number of nitrogens with zero attached hydrogens (tertiary/aromatic N) is 2. The molecule has 2 aliphatic heterocycles. The Morgan fingerprint density at radius 2 is 1.75 bits per heavy atom. The molecule has 0 aliphatic carbocycles. The topological polar surface area (TPSA) is 60.4 Å². The van der Waals surface area contributed by atoms with Gasteiger partial charge in [0.1, 0.15) is 17.3 Å². The van der Waals surface area contributed by atoms with Crippen molar-refractivity contribution in [3.05, 3.63) is 88.0 Å². The number of hydrogen-bond acceptors (Lipinski definition) is 5. The van der Waals surface area contributed by atoms with Crippen LogP contribution >= 0.6 is 15.9 Å². The van der Waals surface area contributed by atoms with Crippen LogP contribution in [0.3, 0.4) is 0 Å². The molecule has 0 radical (unpaired) electrons. The summed E-state index contributed by atoms with van der Waals surface area (Å²) in [6.45, 7) is 3.09. The van der Waals surface area contributed by atoms with E-state index in [-0.39, 0.29) is 12.7 Å². The lowest BCUT2D eigenvalue weighted by Crippen LogP contribution is -2.32. The van der Waals surface area contributed by atoms with Crippen LogP contribution in [0, 0.1) is 0 Å². The second-order valence-electron chi connectivity index (χ2n) is 8.63. The Labute approximate surface area is 219 Å². The smallest absolute Gasteiger partial charge is 0.282 e. The number of hydrogen-bond donors (Lipinski definition) is 0. The Hall–Kier alpha value is -3.58. The van der Waals surface area contributed by atoms with Crippen molar-refractivity contribution in [2.75, 3.05) is 18.3 Å². The molecule has 6 nitrogen and oxygen atoms in total. The Morgan fingerprint density at radius 1 is 0.972 bits per heavy atom. The van der Waals surface area contributed by atoms with Crippen LogP contribution in [-0.4, -0.2) is 25.1 Å². The van der Waals surface area contributed by atoms with Gasteiger partial charge in [0.15, 0.2) is 11.5 Å². The molecule has 5 rings (SSSR count). The molecule has 3 aromatic carbocycles. The lowest BCUT2D eigenvalue weighted by Gasteiger charge is -2.19. The number of aliphatic imine (C=N–C) groups is 1. The standard InChI is InChI=1S/C29H27BrN2O4/c1-2-3-4-5-16-34-24-13-11-23(12-14-24)32-28(21-7-9-22(30)10-8-21)31-25(29(32)33)17-20-6-15-26-27(18-20)36-19-35-26/h6-15,17-18H,2-5,16,19H2,1H3/b25-17-. The van der Waals surface area contributed by atoms with Crippen molar-refractivity contribution < 1.29 is 19.0 Å². The molecule has 0 fully saturated rings. The van der Waals surface area contributed by atoms with Crippen LogP contribution in [0.1, 0.15) is 43.7 Å². The van der Waals surface area contributed by atoms with E-state index in [1.54, 1.807) is 11.0 Å².